The average molecular weight is 259 g/mol. The van der Waals surface area contributed by atoms with E-state index in [9.17, 15) is 9.18 Å². The molecule has 0 radical (unpaired) electrons. The SMILES string of the molecule is Nc1cnccc1C(=O)NCCc1ccccc1F. The van der Waals surface area contributed by atoms with Gasteiger partial charge in [-0.25, -0.2) is 4.39 Å². The third-order valence-electron chi connectivity index (χ3n) is 2.73. The van der Waals surface area contributed by atoms with Crippen molar-refractivity contribution in [3.8, 4) is 0 Å². The summed E-state index contributed by atoms with van der Waals surface area (Å²) in [5, 5.41) is 2.70. The van der Waals surface area contributed by atoms with Crippen LogP contribution in [0.25, 0.3) is 0 Å². The number of rotatable bonds is 4. The van der Waals surface area contributed by atoms with E-state index in [0.717, 1.165) is 0 Å². The van der Waals surface area contributed by atoms with E-state index in [-0.39, 0.29) is 11.7 Å². The minimum absolute atomic E-state index is 0.264. The third kappa shape index (κ3) is 3.28. The first-order valence-electron chi connectivity index (χ1n) is 5.89. The van der Waals surface area contributed by atoms with Crippen molar-refractivity contribution in [3.05, 3.63) is 59.7 Å². The van der Waals surface area contributed by atoms with Crippen LogP contribution in [0, 0.1) is 5.82 Å². The predicted octanol–water partition coefficient (Wildman–Crippen LogP) is 1.78. The van der Waals surface area contributed by atoms with Gasteiger partial charge in [-0.3, -0.25) is 9.78 Å². The highest BCUT2D eigenvalue weighted by molar-refractivity contribution is 5.98. The van der Waals surface area contributed by atoms with E-state index in [2.05, 4.69) is 10.3 Å². The molecule has 0 bridgehead atoms. The van der Waals surface area contributed by atoms with Crippen LogP contribution in [0.5, 0.6) is 0 Å². The molecule has 0 spiro atoms. The molecule has 0 saturated heterocycles. The number of nitrogens with one attached hydrogen (secondary N) is 1. The highest BCUT2D eigenvalue weighted by Gasteiger charge is 2.08. The van der Waals surface area contributed by atoms with Gasteiger partial charge in [0.2, 0.25) is 0 Å². The van der Waals surface area contributed by atoms with Gasteiger partial charge in [-0.1, -0.05) is 18.2 Å². The molecule has 3 N–H and O–H groups in total. The molecule has 1 heterocycles. The first-order chi connectivity index (χ1) is 9.18. The summed E-state index contributed by atoms with van der Waals surface area (Å²) in [4.78, 5) is 15.6. The lowest BCUT2D eigenvalue weighted by molar-refractivity contribution is 0.0955. The first-order valence-corrected chi connectivity index (χ1v) is 5.89. The van der Waals surface area contributed by atoms with Crippen LogP contribution >= 0.6 is 0 Å². The van der Waals surface area contributed by atoms with Gasteiger partial charge < -0.3 is 11.1 Å². The monoisotopic (exact) mass is 259 g/mol. The summed E-state index contributed by atoms with van der Waals surface area (Å²) in [6.07, 6.45) is 3.36. The van der Waals surface area contributed by atoms with Gasteiger partial charge >= 0.3 is 0 Å². The molecule has 0 aliphatic heterocycles. The highest BCUT2D eigenvalue weighted by Crippen LogP contribution is 2.09. The standard InChI is InChI=1S/C14H14FN3O/c15-12-4-2-1-3-10(12)5-8-18-14(19)11-6-7-17-9-13(11)16/h1-4,6-7,9H,5,8,16H2,(H,18,19). The maximum atomic E-state index is 13.4. The Kier molecular flexibility index (Phi) is 4.07. The van der Waals surface area contributed by atoms with Crippen LogP contribution in [0.2, 0.25) is 0 Å². The van der Waals surface area contributed by atoms with Crippen molar-refractivity contribution in [3.63, 3.8) is 0 Å². The molecular weight excluding hydrogens is 245 g/mol. The van der Waals surface area contributed by atoms with E-state index >= 15 is 0 Å². The Bertz CT molecular complexity index is 586. The molecule has 0 saturated carbocycles. The molecule has 19 heavy (non-hydrogen) atoms. The maximum Gasteiger partial charge on any atom is 0.253 e. The zero-order valence-electron chi connectivity index (χ0n) is 10.3. The second kappa shape index (κ2) is 5.95. The minimum Gasteiger partial charge on any atom is -0.397 e. The fraction of sp³-hybridized carbons (Fsp3) is 0.143. The number of hydrogen-bond acceptors (Lipinski definition) is 3. The molecule has 5 heteroatoms. The number of benzene rings is 1. The molecule has 0 aliphatic rings. The lowest BCUT2D eigenvalue weighted by atomic mass is 10.1. The van der Waals surface area contributed by atoms with Gasteiger partial charge in [0.05, 0.1) is 17.4 Å². The van der Waals surface area contributed by atoms with Crippen molar-refractivity contribution in [1.29, 1.82) is 0 Å². The Labute approximate surface area is 110 Å². The molecule has 1 aromatic carbocycles. The van der Waals surface area contributed by atoms with Crippen LogP contribution in [-0.4, -0.2) is 17.4 Å². The molecule has 4 nitrogen and oxygen atoms in total. The smallest absolute Gasteiger partial charge is 0.253 e. The Hall–Kier alpha value is -2.43. The van der Waals surface area contributed by atoms with Gasteiger partial charge in [-0.15, -0.1) is 0 Å². The largest absolute Gasteiger partial charge is 0.397 e. The van der Waals surface area contributed by atoms with Gasteiger partial charge in [0.1, 0.15) is 5.82 Å². The number of nitrogens with zero attached hydrogens (tertiary/aromatic N) is 1. The lowest BCUT2D eigenvalue weighted by Crippen LogP contribution is -2.26. The number of hydrogen-bond donors (Lipinski definition) is 2. The summed E-state index contributed by atoms with van der Waals surface area (Å²) in [6, 6.07) is 8.05. The van der Waals surface area contributed by atoms with Gasteiger partial charge in [-0.05, 0) is 24.1 Å². The molecule has 98 valence electrons. The molecule has 1 aromatic heterocycles. The zero-order chi connectivity index (χ0) is 13.7. The molecule has 2 aromatic rings. The van der Waals surface area contributed by atoms with E-state index in [1.54, 1.807) is 24.3 Å². The van der Waals surface area contributed by atoms with Gasteiger partial charge in [0.15, 0.2) is 0 Å². The summed E-state index contributed by atoms with van der Waals surface area (Å²) in [6.45, 7) is 0.349. The fourth-order valence-electron chi connectivity index (χ4n) is 1.72. The third-order valence-corrected chi connectivity index (χ3v) is 2.73. The zero-order valence-corrected chi connectivity index (χ0v) is 10.3. The maximum absolute atomic E-state index is 13.4. The molecule has 2 rings (SSSR count). The molecule has 1 amide bonds. The average Bonchev–Trinajstić information content (AvgIpc) is 2.41. The van der Waals surface area contributed by atoms with Crippen LogP contribution < -0.4 is 11.1 Å². The Morgan fingerprint density at radius 1 is 1.32 bits per heavy atom. The minimum atomic E-state index is -0.281. The van der Waals surface area contributed by atoms with Crippen LogP contribution in [-0.2, 0) is 6.42 Å². The first kappa shape index (κ1) is 13.0. The Morgan fingerprint density at radius 2 is 2.11 bits per heavy atom. The second-order valence-electron chi connectivity index (χ2n) is 4.06. The summed E-state index contributed by atoms with van der Waals surface area (Å²) in [7, 11) is 0. The number of aromatic nitrogens is 1. The molecule has 0 fully saturated rings. The molecule has 0 aliphatic carbocycles. The van der Waals surface area contributed by atoms with Crippen LogP contribution in [0.15, 0.2) is 42.7 Å². The number of pyridine rings is 1. The van der Waals surface area contributed by atoms with Crippen molar-refractivity contribution in [2.75, 3.05) is 12.3 Å². The predicted molar refractivity (Wildman–Crippen MR) is 71.1 cm³/mol. The van der Waals surface area contributed by atoms with Crippen molar-refractivity contribution in [1.82, 2.24) is 10.3 Å². The van der Waals surface area contributed by atoms with E-state index in [1.165, 1.54) is 18.5 Å². The number of nitrogens with two attached hydrogens (primary N) is 1. The molecule has 0 atom stereocenters. The number of amides is 1. The second-order valence-corrected chi connectivity index (χ2v) is 4.06. The normalized spacial score (nSPS) is 10.2. The van der Waals surface area contributed by atoms with Crippen molar-refractivity contribution in [2.45, 2.75) is 6.42 Å². The van der Waals surface area contributed by atoms with Crippen molar-refractivity contribution in [2.24, 2.45) is 0 Å². The summed E-state index contributed by atoms with van der Waals surface area (Å²) < 4.78 is 13.4. The number of anilines is 1. The van der Waals surface area contributed by atoms with Gasteiger partial charge in [-0.2, -0.15) is 0 Å². The number of carbonyl (C=O) groups excluding carboxylic acids is 1. The summed E-state index contributed by atoms with van der Waals surface area (Å²) in [5.74, 6) is -0.545. The topological polar surface area (TPSA) is 68.0 Å². The molecule has 0 unspecified atom stereocenters. The number of halogens is 1. The van der Waals surface area contributed by atoms with E-state index in [4.69, 9.17) is 5.73 Å². The summed E-state index contributed by atoms with van der Waals surface area (Å²) in [5.41, 5.74) is 6.92. The Balaban J connectivity index is 1.92. The fourth-order valence-corrected chi connectivity index (χ4v) is 1.72. The summed E-state index contributed by atoms with van der Waals surface area (Å²) >= 11 is 0. The van der Waals surface area contributed by atoms with Crippen LogP contribution in [0.4, 0.5) is 10.1 Å². The van der Waals surface area contributed by atoms with Gasteiger partial charge in [0, 0.05) is 12.7 Å². The lowest BCUT2D eigenvalue weighted by Gasteiger charge is -2.07. The van der Waals surface area contributed by atoms with Gasteiger partial charge in [0.25, 0.3) is 5.91 Å². The van der Waals surface area contributed by atoms with E-state index in [0.29, 0.717) is 29.8 Å². The van der Waals surface area contributed by atoms with E-state index < -0.39 is 0 Å². The van der Waals surface area contributed by atoms with E-state index in [1.807, 2.05) is 0 Å². The van der Waals surface area contributed by atoms with Crippen molar-refractivity contribution >= 4 is 11.6 Å². The molecular formula is C14H14FN3O. The Morgan fingerprint density at radius 3 is 2.84 bits per heavy atom. The number of carbonyl (C=O) groups is 1. The van der Waals surface area contributed by atoms with Crippen LogP contribution in [0.1, 0.15) is 15.9 Å². The quantitative estimate of drug-likeness (QED) is 0.879. The number of nitrogen functional groups attached to an aromatic ring is 1. The highest BCUT2D eigenvalue weighted by atomic mass is 19.1. The van der Waals surface area contributed by atoms with Crippen molar-refractivity contribution < 1.29 is 9.18 Å². The van der Waals surface area contributed by atoms with Crippen LogP contribution in [0.3, 0.4) is 0 Å².